The Hall–Kier alpha value is -1.77. The van der Waals surface area contributed by atoms with Crippen molar-refractivity contribution in [2.45, 2.75) is 0 Å². The minimum atomic E-state index is -0.356. The summed E-state index contributed by atoms with van der Waals surface area (Å²) in [6.45, 7) is 3.42. The Kier molecular flexibility index (Phi) is 3.09. The van der Waals surface area contributed by atoms with Gasteiger partial charge in [-0.25, -0.2) is 4.79 Å². The third-order valence-electron chi connectivity index (χ3n) is 1.49. The lowest BCUT2D eigenvalue weighted by atomic mass is 10.2. The Morgan fingerprint density at radius 3 is 2.46 bits per heavy atom. The molecule has 0 unspecified atom stereocenters. The quantitative estimate of drug-likeness (QED) is 0.524. The van der Waals surface area contributed by atoms with Crippen molar-refractivity contribution in [2.75, 3.05) is 7.11 Å². The van der Waals surface area contributed by atoms with Crippen molar-refractivity contribution >= 4 is 5.97 Å². The molecule has 1 rings (SSSR count). The van der Waals surface area contributed by atoms with Crippen LogP contribution in [0.1, 0.15) is 10.4 Å². The molecule has 0 aliphatic carbocycles. The predicted octanol–water partition coefficient (Wildman–Crippen LogP) is 2.00. The molecule has 3 heteroatoms. The Balaban J connectivity index is 2.80. The van der Waals surface area contributed by atoms with Crippen molar-refractivity contribution in [1.29, 1.82) is 0 Å². The van der Waals surface area contributed by atoms with Gasteiger partial charge in [-0.2, -0.15) is 0 Å². The van der Waals surface area contributed by atoms with E-state index < -0.39 is 0 Å². The summed E-state index contributed by atoms with van der Waals surface area (Å²) >= 11 is 0. The van der Waals surface area contributed by atoms with E-state index in [0.717, 1.165) is 0 Å². The number of esters is 1. The van der Waals surface area contributed by atoms with Crippen LogP contribution in [0.2, 0.25) is 0 Å². The van der Waals surface area contributed by atoms with Gasteiger partial charge in [0.2, 0.25) is 0 Å². The van der Waals surface area contributed by atoms with Crippen LogP contribution in [0.15, 0.2) is 37.1 Å². The molecule has 0 aliphatic heterocycles. The largest absolute Gasteiger partial charge is 0.466 e. The molecule has 0 aliphatic rings. The van der Waals surface area contributed by atoms with E-state index in [1.54, 1.807) is 24.3 Å². The van der Waals surface area contributed by atoms with E-state index in [4.69, 9.17) is 4.74 Å². The number of ether oxygens (including phenoxy) is 2. The zero-order valence-electron chi connectivity index (χ0n) is 7.32. The van der Waals surface area contributed by atoms with Gasteiger partial charge in [-0.05, 0) is 24.3 Å². The monoisotopic (exact) mass is 178 g/mol. The lowest BCUT2D eigenvalue weighted by Crippen LogP contribution is -2.00. The lowest BCUT2D eigenvalue weighted by molar-refractivity contribution is 0.0600. The number of hydrogen-bond acceptors (Lipinski definition) is 3. The fourth-order valence-corrected chi connectivity index (χ4v) is 0.884. The van der Waals surface area contributed by atoms with Crippen LogP contribution < -0.4 is 4.74 Å². The molecule has 1 aromatic rings. The maximum absolute atomic E-state index is 11.0. The van der Waals surface area contributed by atoms with Gasteiger partial charge in [-0.3, -0.25) is 0 Å². The van der Waals surface area contributed by atoms with Gasteiger partial charge in [-0.15, -0.1) is 0 Å². The topological polar surface area (TPSA) is 35.5 Å². The van der Waals surface area contributed by atoms with Gasteiger partial charge in [0.25, 0.3) is 0 Å². The second kappa shape index (κ2) is 4.30. The minimum absolute atomic E-state index is 0.356. The lowest BCUT2D eigenvalue weighted by Gasteiger charge is -2.01. The SMILES string of the molecule is C=COc1ccc(C(=O)OC)cc1. The summed E-state index contributed by atoms with van der Waals surface area (Å²) in [5.41, 5.74) is 0.499. The number of rotatable bonds is 3. The Labute approximate surface area is 76.6 Å². The maximum atomic E-state index is 11.0. The molecule has 0 saturated heterocycles. The van der Waals surface area contributed by atoms with Crippen LogP contribution >= 0.6 is 0 Å². The summed E-state index contributed by atoms with van der Waals surface area (Å²) in [5.74, 6) is 0.285. The standard InChI is InChI=1S/C10H10O3/c1-3-13-9-6-4-8(5-7-9)10(11)12-2/h3-7H,1H2,2H3. The highest BCUT2D eigenvalue weighted by molar-refractivity contribution is 5.89. The molecule has 13 heavy (non-hydrogen) atoms. The van der Waals surface area contributed by atoms with E-state index in [-0.39, 0.29) is 5.97 Å². The van der Waals surface area contributed by atoms with Crippen molar-refractivity contribution in [3.8, 4) is 5.75 Å². The first-order chi connectivity index (χ1) is 6.27. The Bertz CT molecular complexity index is 300. The first-order valence-corrected chi connectivity index (χ1v) is 3.74. The van der Waals surface area contributed by atoms with Crippen LogP contribution in [0.3, 0.4) is 0 Å². The Morgan fingerprint density at radius 2 is 2.00 bits per heavy atom. The number of carbonyl (C=O) groups is 1. The van der Waals surface area contributed by atoms with Crippen molar-refractivity contribution in [3.63, 3.8) is 0 Å². The molecule has 0 spiro atoms. The van der Waals surface area contributed by atoms with Crippen molar-refractivity contribution in [1.82, 2.24) is 0 Å². The van der Waals surface area contributed by atoms with E-state index in [1.165, 1.54) is 13.4 Å². The van der Waals surface area contributed by atoms with Gasteiger partial charge in [-0.1, -0.05) is 6.58 Å². The zero-order chi connectivity index (χ0) is 9.68. The van der Waals surface area contributed by atoms with Crippen LogP contribution in [0, 0.1) is 0 Å². The molecule has 0 amide bonds. The first-order valence-electron chi connectivity index (χ1n) is 3.74. The fraction of sp³-hybridized carbons (Fsp3) is 0.100. The van der Waals surface area contributed by atoms with E-state index in [9.17, 15) is 4.79 Å². The summed E-state index contributed by atoms with van der Waals surface area (Å²) in [7, 11) is 1.34. The molecule has 0 bridgehead atoms. The van der Waals surface area contributed by atoms with Gasteiger partial charge in [0.15, 0.2) is 0 Å². The molecule has 1 aromatic carbocycles. The zero-order valence-corrected chi connectivity index (χ0v) is 7.32. The summed E-state index contributed by atoms with van der Waals surface area (Å²) in [6.07, 6.45) is 1.33. The third kappa shape index (κ3) is 2.33. The predicted molar refractivity (Wildman–Crippen MR) is 48.6 cm³/mol. The maximum Gasteiger partial charge on any atom is 0.337 e. The number of benzene rings is 1. The molecule has 0 heterocycles. The van der Waals surface area contributed by atoms with E-state index in [0.29, 0.717) is 11.3 Å². The van der Waals surface area contributed by atoms with Gasteiger partial charge in [0.1, 0.15) is 5.75 Å². The highest BCUT2D eigenvalue weighted by Gasteiger charge is 2.03. The van der Waals surface area contributed by atoms with E-state index >= 15 is 0 Å². The van der Waals surface area contributed by atoms with Crippen LogP contribution in [-0.4, -0.2) is 13.1 Å². The molecule has 0 radical (unpaired) electrons. The second-order valence-corrected chi connectivity index (χ2v) is 2.30. The van der Waals surface area contributed by atoms with Gasteiger partial charge >= 0.3 is 5.97 Å². The molecular formula is C10H10O3. The molecule has 68 valence electrons. The van der Waals surface area contributed by atoms with Crippen LogP contribution in [0.5, 0.6) is 5.75 Å². The minimum Gasteiger partial charge on any atom is -0.466 e. The molecule has 0 atom stereocenters. The van der Waals surface area contributed by atoms with Gasteiger partial charge in [0.05, 0.1) is 18.9 Å². The fourth-order valence-electron chi connectivity index (χ4n) is 0.884. The van der Waals surface area contributed by atoms with Crippen LogP contribution in [0.4, 0.5) is 0 Å². The van der Waals surface area contributed by atoms with Crippen LogP contribution in [0.25, 0.3) is 0 Å². The van der Waals surface area contributed by atoms with Gasteiger partial charge in [0, 0.05) is 0 Å². The summed E-state index contributed by atoms with van der Waals surface area (Å²) < 4.78 is 9.52. The molecule has 3 nitrogen and oxygen atoms in total. The summed E-state index contributed by atoms with van der Waals surface area (Å²) in [4.78, 5) is 11.0. The van der Waals surface area contributed by atoms with Crippen molar-refractivity contribution in [3.05, 3.63) is 42.7 Å². The third-order valence-corrected chi connectivity index (χ3v) is 1.49. The number of hydrogen-bond donors (Lipinski definition) is 0. The molecule has 0 aromatic heterocycles. The molecule has 0 saturated carbocycles. The van der Waals surface area contributed by atoms with Crippen LogP contribution in [-0.2, 0) is 4.74 Å². The highest BCUT2D eigenvalue weighted by Crippen LogP contribution is 2.12. The molecular weight excluding hydrogens is 168 g/mol. The average molecular weight is 178 g/mol. The highest BCUT2D eigenvalue weighted by atomic mass is 16.5. The Morgan fingerprint density at radius 1 is 1.38 bits per heavy atom. The van der Waals surface area contributed by atoms with Crippen molar-refractivity contribution < 1.29 is 14.3 Å². The van der Waals surface area contributed by atoms with Gasteiger partial charge < -0.3 is 9.47 Å². The normalized spacial score (nSPS) is 9.00. The second-order valence-electron chi connectivity index (χ2n) is 2.30. The average Bonchev–Trinajstić information content (AvgIpc) is 2.18. The summed E-state index contributed by atoms with van der Waals surface area (Å²) in [5, 5.41) is 0. The summed E-state index contributed by atoms with van der Waals surface area (Å²) in [6, 6.07) is 6.61. The molecule has 0 N–H and O–H groups in total. The number of methoxy groups -OCH3 is 1. The first kappa shape index (κ1) is 9.32. The smallest absolute Gasteiger partial charge is 0.337 e. The number of carbonyl (C=O) groups excluding carboxylic acids is 1. The molecule has 0 fully saturated rings. The van der Waals surface area contributed by atoms with E-state index in [1.807, 2.05) is 0 Å². The van der Waals surface area contributed by atoms with E-state index in [2.05, 4.69) is 11.3 Å². The van der Waals surface area contributed by atoms with Crippen molar-refractivity contribution in [2.24, 2.45) is 0 Å².